The second-order valence-corrected chi connectivity index (χ2v) is 5.86. The van der Waals surface area contributed by atoms with Gasteiger partial charge in [-0.15, -0.1) is 11.3 Å². The van der Waals surface area contributed by atoms with Crippen LogP contribution in [0, 0.1) is 0 Å². The van der Waals surface area contributed by atoms with E-state index in [9.17, 15) is 4.79 Å². The van der Waals surface area contributed by atoms with Crippen molar-refractivity contribution in [1.29, 1.82) is 0 Å². The van der Waals surface area contributed by atoms with Gasteiger partial charge in [-0.3, -0.25) is 9.48 Å². The van der Waals surface area contributed by atoms with E-state index in [1.165, 1.54) is 6.20 Å². The highest BCUT2D eigenvalue weighted by atomic mass is 32.1. The molecule has 2 aromatic heterocycles. The van der Waals surface area contributed by atoms with Crippen molar-refractivity contribution >= 4 is 27.4 Å². The zero-order valence-corrected chi connectivity index (χ0v) is 12.6. The zero-order chi connectivity index (χ0) is 14.7. The summed E-state index contributed by atoms with van der Waals surface area (Å²) in [6.45, 7) is 3.66. The van der Waals surface area contributed by atoms with Gasteiger partial charge in [0.05, 0.1) is 18.3 Å². The summed E-state index contributed by atoms with van der Waals surface area (Å²) in [5, 5.41) is 9.13. The maximum atomic E-state index is 11.8. The van der Waals surface area contributed by atoms with Crippen molar-refractivity contribution in [1.82, 2.24) is 14.8 Å². The summed E-state index contributed by atoms with van der Waals surface area (Å²) in [4.78, 5) is 17.3. The lowest BCUT2D eigenvalue weighted by atomic mass is 10.2. The number of benzene rings is 1. The molecule has 0 saturated carbocycles. The second kappa shape index (κ2) is 6.05. The Morgan fingerprint density at radius 1 is 1.29 bits per heavy atom. The fraction of sp³-hybridized carbons (Fsp3) is 0.267. The molecule has 21 heavy (non-hydrogen) atoms. The summed E-state index contributed by atoms with van der Waals surface area (Å²) >= 11 is 1.62. The SMILES string of the molecule is CCCNc1ncc(Cn2ncc(=O)c3ccccc32)s1. The van der Waals surface area contributed by atoms with E-state index in [0.29, 0.717) is 11.9 Å². The van der Waals surface area contributed by atoms with E-state index in [1.807, 2.05) is 35.1 Å². The lowest BCUT2D eigenvalue weighted by molar-refractivity contribution is 0.701. The Bertz CT molecular complexity index is 809. The molecule has 0 saturated heterocycles. The van der Waals surface area contributed by atoms with Gasteiger partial charge in [0.15, 0.2) is 5.13 Å². The van der Waals surface area contributed by atoms with Crippen molar-refractivity contribution in [3.8, 4) is 0 Å². The molecule has 0 atom stereocenters. The molecule has 0 unspecified atom stereocenters. The Balaban J connectivity index is 1.90. The van der Waals surface area contributed by atoms with Gasteiger partial charge >= 0.3 is 0 Å². The number of rotatable bonds is 5. The van der Waals surface area contributed by atoms with Crippen LogP contribution in [0.25, 0.3) is 10.9 Å². The first-order valence-corrected chi connectivity index (χ1v) is 7.73. The van der Waals surface area contributed by atoms with Crippen LogP contribution in [0.2, 0.25) is 0 Å². The van der Waals surface area contributed by atoms with Gasteiger partial charge in [-0.25, -0.2) is 4.98 Å². The normalized spacial score (nSPS) is 10.9. The molecular formula is C15H16N4OS. The van der Waals surface area contributed by atoms with Crippen LogP contribution in [0.1, 0.15) is 18.2 Å². The summed E-state index contributed by atoms with van der Waals surface area (Å²) < 4.78 is 1.84. The Morgan fingerprint density at radius 2 is 2.14 bits per heavy atom. The van der Waals surface area contributed by atoms with Crippen LogP contribution in [0.4, 0.5) is 5.13 Å². The molecule has 5 nitrogen and oxygen atoms in total. The van der Waals surface area contributed by atoms with Gasteiger partial charge in [0.25, 0.3) is 0 Å². The van der Waals surface area contributed by atoms with Crippen molar-refractivity contribution in [3.05, 3.63) is 51.8 Å². The monoisotopic (exact) mass is 300 g/mol. The molecule has 3 rings (SSSR count). The van der Waals surface area contributed by atoms with Crippen molar-refractivity contribution in [2.45, 2.75) is 19.9 Å². The Morgan fingerprint density at radius 3 is 3.00 bits per heavy atom. The molecule has 0 spiro atoms. The van der Waals surface area contributed by atoms with Crippen molar-refractivity contribution in [2.24, 2.45) is 0 Å². The number of aromatic nitrogens is 3. The van der Waals surface area contributed by atoms with E-state index >= 15 is 0 Å². The number of thiazole rings is 1. The molecule has 0 bridgehead atoms. The summed E-state index contributed by atoms with van der Waals surface area (Å²) in [7, 11) is 0. The van der Waals surface area contributed by atoms with Crippen LogP contribution in [0.5, 0.6) is 0 Å². The molecule has 0 aliphatic rings. The van der Waals surface area contributed by atoms with E-state index in [4.69, 9.17) is 0 Å². The maximum absolute atomic E-state index is 11.8. The van der Waals surface area contributed by atoms with Crippen LogP contribution < -0.4 is 10.7 Å². The van der Waals surface area contributed by atoms with Crippen molar-refractivity contribution in [3.63, 3.8) is 0 Å². The lowest BCUT2D eigenvalue weighted by Gasteiger charge is -2.07. The molecule has 0 aliphatic heterocycles. The molecule has 1 aromatic carbocycles. The first kappa shape index (κ1) is 13.8. The van der Waals surface area contributed by atoms with E-state index in [2.05, 4.69) is 22.3 Å². The first-order valence-electron chi connectivity index (χ1n) is 6.91. The van der Waals surface area contributed by atoms with Gasteiger partial charge in [0.2, 0.25) is 5.43 Å². The molecule has 0 radical (unpaired) electrons. The molecule has 1 N–H and O–H groups in total. The smallest absolute Gasteiger partial charge is 0.207 e. The average Bonchev–Trinajstić information content (AvgIpc) is 2.96. The third-order valence-corrected chi connectivity index (χ3v) is 4.09. The van der Waals surface area contributed by atoms with Crippen LogP contribution in [0.15, 0.2) is 41.5 Å². The highest BCUT2D eigenvalue weighted by Gasteiger charge is 2.06. The number of para-hydroxylation sites is 1. The van der Waals surface area contributed by atoms with Gasteiger partial charge in [-0.05, 0) is 18.6 Å². The molecule has 3 aromatic rings. The number of hydrogen-bond donors (Lipinski definition) is 1. The summed E-state index contributed by atoms with van der Waals surface area (Å²) in [6.07, 6.45) is 4.30. The minimum Gasteiger partial charge on any atom is -0.362 e. The quantitative estimate of drug-likeness (QED) is 0.787. The molecule has 6 heteroatoms. The standard InChI is InChI=1S/C15H16N4OS/c1-2-7-16-15-17-8-11(21-15)10-19-13-6-4-3-5-12(13)14(20)9-18-19/h3-6,8-9H,2,7,10H2,1H3,(H,16,17). The predicted octanol–water partition coefficient (Wildman–Crippen LogP) is 2.72. The van der Waals surface area contributed by atoms with E-state index in [0.717, 1.165) is 28.5 Å². The largest absolute Gasteiger partial charge is 0.362 e. The minimum absolute atomic E-state index is 0.0449. The topological polar surface area (TPSA) is 59.8 Å². The summed E-state index contributed by atoms with van der Waals surface area (Å²) in [5.74, 6) is 0. The fourth-order valence-corrected chi connectivity index (χ4v) is 2.95. The van der Waals surface area contributed by atoms with Gasteiger partial charge in [-0.1, -0.05) is 19.1 Å². The van der Waals surface area contributed by atoms with Crippen LogP contribution >= 0.6 is 11.3 Å². The molecule has 0 amide bonds. The van der Waals surface area contributed by atoms with Crippen LogP contribution in [0.3, 0.4) is 0 Å². The molecule has 108 valence electrons. The highest BCUT2D eigenvalue weighted by molar-refractivity contribution is 7.15. The Hall–Kier alpha value is -2.21. The Kier molecular flexibility index (Phi) is 3.96. The van der Waals surface area contributed by atoms with Gasteiger partial charge in [0, 0.05) is 23.0 Å². The summed E-state index contributed by atoms with van der Waals surface area (Å²) in [5.41, 5.74) is 0.804. The fourth-order valence-electron chi connectivity index (χ4n) is 2.13. The maximum Gasteiger partial charge on any atom is 0.207 e. The van der Waals surface area contributed by atoms with Crippen LogP contribution in [-0.2, 0) is 6.54 Å². The number of fused-ring (bicyclic) bond motifs is 1. The van der Waals surface area contributed by atoms with Crippen molar-refractivity contribution < 1.29 is 0 Å². The third-order valence-electron chi connectivity index (χ3n) is 3.15. The number of nitrogens with one attached hydrogen (secondary N) is 1. The minimum atomic E-state index is -0.0449. The lowest BCUT2D eigenvalue weighted by Crippen LogP contribution is -2.12. The highest BCUT2D eigenvalue weighted by Crippen LogP contribution is 2.20. The zero-order valence-electron chi connectivity index (χ0n) is 11.7. The molecule has 2 heterocycles. The predicted molar refractivity (Wildman–Crippen MR) is 86.0 cm³/mol. The average molecular weight is 300 g/mol. The van der Waals surface area contributed by atoms with Gasteiger partial charge in [-0.2, -0.15) is 5.10 Å². The van der Waals surface area contributed by atoms with Gasteiger partial charge < -0.3 is 5.32 Å². The second-order valence-electron chi connectivity index (χ2n) is 4.74. The third kappa shape index (κ3) is 2.95. The summed E-state index contributed by atoms with van der Waals surface area (Å²) in [6, 6.07) is 7.53. The molecule has 0 fully saturated rings. The number of nitrogens with zero attached hydrogens (tertiary/aromatic N) is 3. The first-order chi connectivity index (χ1) is 10.3. The Labute approximate surface area is 126 Å². The van der Waals surface area contributed by atoms with E-state index in [1.54, 1.807) is 11.3 Å². The van der Waals surface area contributed by atoms with E-state index < -0.39 is 0 Å². The van der Waals surface area contributed by atoms with E-state index in [-0.39, 0.29) is 5.43 Å². The number of anilines is 1. The van der Waals surface area contributed by atoms with Gasteiger partial charge in [0.1, 0.15) is 0 Å². The van der Waals surface area contributed by atoms with Crippen molar-refractivity contribution in [2.75, 3.05) is 11.9 Å². The molecular weight excluding hydrogens is 284 g/mol. The molecule has 0 aliphatic carbocycles. The number of hydrogen-bond acceptors (Lipinski definition) is 5. The van der Waals surface area contributed by atoms with Crippen LogP contribution in [-0.4, -0.2) is 21.3 Å².